The van der Waals surface area contributed by atoms with Crippen molar-refractivity contribution in [1.82, 2.24) is 20.1 Å². The molecule has 1 heterocycles. The number of aryl methyl sites for hydroxylation is 1. The summed E-state index contributed by atoms with van der Waals surface area (Å²) in [5.74, 6) is 0.809. The van der Waals surface area contributed by atoms with Crippen molar-refractivity contribution < 1.29 is 4.79 Å². The molecule has 0 aliphatic heterocycles. The van der Waals surface area contributed by atoms with Gasteiger partial charge in [-0.15, -0.1) is 0 Å². The number of nitrogens with zero attached hydrogens (tertiary/aromatic N) is 2. The molecule has 0 spiro atoms. The molecule has 0 saturated heterocycles. The van der Waals surface area contributed by atoms with E-state index in [2.05, 4.69) is 43.2 Å². The van der Waals surface area contributed by atoms with Crippen LogP contribution in [-0.2, 0) is 17.8 Å². The molecule has 0 aliphatic rings. The Hall–Kier alpha value is -1.17. The molecule has 0 bridgehead atoms. The minimum Gasteiger partial charge on any atom is -0.352 e. The number of amides is 1. The van der Waals surface area contributed by atoms with Crippen molar-refractivity contribution in [2.45, 2.75) is 60.0 Å². The maximum Gasteiger partial charge on any atom is 0.240 e. The van der Waals surface area contributed by atoms with Crippen LogP contribution in [-0.4, -0.2) is 26.7 Å². The van der Waals surface area contributed by atoms with E-state index in [0.717, 1.165) is 18.7 Å². The number of H-pyrrole nitrogens is 1. The quantitative estimate of drug-likeness (QED) is 0.816. The zero-order chi connectivity index (χ0) is 14.6. The molecule has 0 radical (unpaired) electrons. The normalized spacial score (nSPS) is 13.3. The largest absolute Gasteiger partial charge is 0.352 e. The Morgan fingerprint density at radius 2 is 2.16 bits per heavy atom. The number of hydrogen-bond donors (Lipinski definition) is 2. The molecule has 5 nitrogen and oxygen atoms in total. The van der Waals surface area contributed by atoms with Crippen LogP contribution < -0.4 is 5.32 Å². The molecular weight excluding hydrogens is 260 g/mol. The first-order valence-corrected chi connectivity index (χ1v) is 7.10. The van der Waals surface area contributed by atoms with Crippen molar-refractivity contribution in [2.75, 3.05) is 0 Å². The van der Waals surface area contributed by atoms with Gasteiger partial charge in [-0.25, -0.2) is 0 Å². The van der Waals surface area contributed by atoms with E-state index in [0.29, 0.717) is 4.77 Å². The molecule has 2 N–H and O–H groups in total. The Balaban J connectivity index is 2.72. The second-order valence-electron chi connectivity index (χ2n) is 5.94. The lowest BCUT2D eigenvalue weighted by Crippen LogP contribution is -2.42. The molecule has 1 rings (SSSR count). The predicted octanol–water partition coefficient (Wildman–Crippen LogP) is 2.44. The summed E-state index contributed by atoms with van der Waals surface area (Å²) >= 11 is 5.16. The van der Waals surface area contributed by atoms with Gasteiger partial charge in [0.15, 0.2) is 4.77 Å². The van der Waals surface area contributed by atoms with Crippen LogP contribution in [0.3, 0.4) is 0 Å². The SMILES string of the molecule is CCCc1n[nH]c(=S)n1CC(=O)N[C@H](C)C(C)(C)C. The van der Waals surface area contributed by atoms with Crippen LogP contribution in [0.15, 0.2) is 0 Å². The average molecular weight is 284 g/mol. The highest BCUT2D eigenvalue weighted by molar-refractivity contribution is 7.71. The van der Waals surface area contributed by atoms with Gasteiger partial charge in [0.2, 0.25) is 5.91 Å². The van der Waals surface area contributed by atoms with Gasteiger partial charge in [0.25, 0.3) is 0 Å². The Kier molecular flexibility index (Phi) is 5.29. The molecule has 108 valence electrons. The van der Waals surface area contributed by atoms with E-state index in [-0.39, 0.29) is 23.9 Å². The van der Waals surface area contributed by atoms with Gasteiger partial charge in [-0.1, -0.05) is 27.7 Å². The van der Waals surface area contributed by atoms with Crippen LogP contribution in [0.25, 0.3) is 0 Å². The van der Waals surface area contributed by atoms with Gasteiger partial charge in [0.05, 0.1) is 0 Å². The van der Waals surface area contributed by atoms with Gasteiger partial charge in [0.1, 0.15) is 12.4 Å². The first kappa shape index (κ1) is 15.9. The van der Waals surface area contributed by atoms with Crippen LogP contribution in [0.2, 0.25) is 0 Å². The van der Waals surface area contributed by atoms with Crippen LogP contribution in [0, 0.1) is 10.2 Å². The number of aromatic nitrogens is 3. The number of aromatic amines is 1. The molecule has 19 heavy (non-hydrogen) atoms. The fourth-order valence-electron chi connectivity index (χ4n) is 1.58. The molecule has 1 aromatic rings. The van der Waals surface area contributed by atoms with Crippen molar-refractivity contribution in [3.8, 4) is 0 Å². The Bertz CT molecular complexity index is 484. The molecule has 1 atom stereocenters. The van der Waals surface area contributed by atoms with Gasteiger partial charge in [-0.2, -0.15) is 5.10 Å². The second-order valence-corrected chi connectivity index (χ2v) is 6.32. The molecule has 0 aromatic carbocycles. The lowest BCUT2D eigenvalue weighted by molar-refractivity contribution is -0.123. The summed E-state index contributed by atoms with van der Waals surface area (Å²) in [4.78, 5) is 12.1. The monoisotopic (exact) mass is 284 g/mol. The Morgan fingerprint density at radius 1 is 1.53 bits per heavy atom. The number of rotatable bonds is 5. The average Bonchev–Trinajstić information content (AvgIpc) is 2.60. The van der Waals surface area contributed by atoms with Crippen molar-refractivity contribution in [3.05, 3.63) is 10.6 Å². The fourth-order valence-corrected chi connectivity index (χ4v) is 1.79. The Morgan fingerprint density at radius 3 is 2.68 bits per heavy atom. The van der Waals surface area contributed by atoms with Gasteiger partial charge in [0, 0.05) is 12.5 Å². The molecule has 6 heteroatoms. The molecule has 1 aromatic heterocycles. The molecule has 0 saturated carbocycles. The summed E-state index contributed by atoms with van der Waals surface area (Å²) in [5, 5.41) is 9.91. The van der Waals surface area contributed by atoms with E-state index in [1.54, 1.807) is 4.57 Å². The van der Waals surface area contributed by atoms with Crippen LogP contribution in [0.4, 0.5) is 0 Å². The van der Waals surface area contributed by atoms with E-state index in [9.17, 15) is 4.79 Å². The van der Waals surface area contributed by atoms with Crippen molar-refractivity contribution in [3.63, 3.8) is 0 Å². The second kappa shape index (κ2) is 6.32. The topological polar surface area (TPSA) is 62.7 Å². The van der Waals surface area contributed by atoms with E-state index >= 15 is 0 Å². The number of carbonyl (C=O) groups is 1. The van der Waals surface area contributed by atoms with E-state index in [4.69, 9.17) is 12.2 Å². The third-order valence-corrected chi connectivity index (χ3v) is 3.60. The summed E-state index contributed by atoms with van der Waals surface area (Å²) in [6.45, 7) is 10.6. The van der Waals surface area contributed by atoms with E-state index in [1.165, 1.54) is 0 Å². The third kappa shape index (κ3) is 4.45. The van der Waals surface area contributed by atoms with Crippen molar-refractivity contribution in [1.29, 1.82) is 0 Å². The van der Waals surface area contributed by atoms with Crippen LogP contribution in [0.5, 0.6) is 0 Å². The lowest BCUT2D eigenvalue weighted by Gasteiger charge is -2.28. The van der Waals surface area contributed by atoms with Gasteiger partial charge >= 0.3 is 0 Å². The smallest absolute Gasteiger partial charge is 0.240 e. The van der Waals surface area contributed by atoms with Gasteiger partial charge in [-0.3, -0.25) is 14.5 Å². The minimum atomic E-state index is -0.0303. The van der Waals surface area contributed by atoms with E-state index in [1.807, 2.05) is 6.92 Å². The van der Waals surface area contributed by atoms with Crippen molar-refractivity contribution in [2.24, 2.45) is 5.41 Å². The zero-order valence-corrected chi connectivity index (χ0v) is 13.2. The lowest BCUT2D eigenvalue weighted by atomic mass is 9.88. The summed E-state index contributed by atoms with van der Waals surface area (Å²) in [5.41, 5.74) is 0.0414. The first-order valence-electron chi connectivity index (χ1n) is 6.69. The third-order valence-electron chi connectivity index (χ3n) is 3.29. The summed E-state index contributed by atoms with van der Waals surface area (Å²) in [6, 6.07) is 0.107. The van der Waals surface area contributed by atoms with Crippen LogP contribution >= 0.6 is 12.2 Å². The summed E-state index contributed by atoms with van der Waals surface area (Å²) in [6.07, 6.45) is 1.79. The van der Waals surface area contributed by atoms with E-state index < -0.39 is 0 Å². The highest BCUT2D eigenvalue weighted by Crippen LogP contribution is 2.18. The number of nitrogens with one attached hydrogen (secondary N) is 2. The minimum absolute atomic E-state index is 0.0303. The fraction of sp³-hybridized carbons (Fsp3) is 0.769. The van der Waals surface area contributed by atoms with Gasteiger partial charge < -0.3 is 5.32 Å². The Labute approximate surface area is 119 Å². The van der Waals surface area contributed by atoms with Crippen LogP contribution in [0.1, 0.15) is 46.9 Å². The molecule has 0 aliphatic carbocycles. The molecule has 1 amide bonds. The summed E-state index contributed by atoms with van der Waals surface area (Å²) < 4.78 is 2.27. The maximum atomic E-state index is 12.1. The zero-order valence-electron chi connectivity index (χ0n) is 12.4. The van der Waals surface area contributed by atoms with Gasteiger partial charge in [-0.05, 0) is 31.0 Å². The first-order chi connectivity index (χ1) is 8.75. The van der Waals surface area contributed by atoms with Crippen molar-refractivity contribution >= 4 is 18.1 Å². The highest BCUT2D eigenvalue weighted by atomic mass is 32.1. The molecule has 0 fully saturated rings. The maximum absolute atomic E-state index is 12.1. The molecular formula is C13H24N4OS. The summed E-state index contributed by atoms with van der Waals surface area (Å²) in [7, 11) is 0. The number of hydrogen-bond acceptors (Lipinski definition) is 3. The highest BCUT2D eigenvalue weighted by Gasteiger charge is 2.22. The number of carbonyl (C=O) groups excluding carboxylic acids is 1. The standard InChI is InChI=1S/C13H24N4OS/c1-6-7-10-15-16-12(19)17(10)8-11(18)14-9(2)13(3,4)5/h9H,6-8H2,1-5H3,(H,14,18)(H,16,19)/t9-/m1/s1. The molecule has 0 unspecified atom stereocenters. The predicted molar refractivity (Wildman–Crippen MR) is 78.5 cm³/mol.